The zero-order valence-corrected chi connectivity index (χ0v) is 9.69. The third-order valence-corrected chi connectivity index (χ3v) is 2.27. The van der Waals surface area contributed by atoms with Crippen LogP contribution in [0.25, 0.3) is 10.1 Å². The van der Waals surface area contributed by atoms with Crippen molar-refractivity contribution < 1.29 is 32.7 Å². The van der Waals surface area contributed by atoms with Crippen LogP contribution in [0.4, 0.5) is 0 Å². The van der Waals surface area contributed by atoms with Gasteiger partial charge in [0.15, 0.2) is 0 Å². The van der Waals surface area contributed by atoms with Crippen molar-refractivity contribution in [1.82, 2.24) is 9.36 Å². The molecule has 2 rings (SSSR count). The summed E-state index contributed by atoms with van der Waals surface area (Å²) < 4.78 is 5.26. The molecule has 0 fully saturated rings. The van der Waals surface area contributed by atoms with Crippen LogP contribution in [0.3, 0.4) is 0 Å². The Morgan fingerprint density at radius 3 is 3.09 bits per heavy atom. The number of hydrogen-bond donors (Lipinski definition) is 0. The maximum Gasteiger partial charge on any atom is 0 e. The van der Waals surface area contributed by atoms with E-state index in [1.165, 1.54) is 11.5 Å². The molecule has 0 unspecified atom stereocenters. The number of rotatable bonds is 0. The quantitative estimate of drug-likeness (QED) is 0.654. The van der Waals surface area contributed by atoms with E-state index in [0.29, 0.717) is 0 Å². The van der Waals surface area contributed by atoms with E-state index in [4.69, 9.17) is 0 Å². The van der Waals surface area contributed by atoms with Gasteiger partial charge in [-0.3, -0.25) is 0 Å². The summed E-state index contributed by atoms with van der Waals surface area (Å²) in [4.78, 5) is 3.96. The monoisotopic (exact) mass is 238 g/mol. The molecule has 2 aromatic rings. The largest absolute Gasteiger partial charge is 0.303 e. The summed E-state index contributed by atoms with van der Waals surface area (Å²) >= 11 is 1.47. The van der Waals surface area contributed by atoms with Crippen LogP contribution in [0.1, 0.15) is 5.69 Å². The van der Waals surface area contributed by atoms with E-state index in [1.54, 1.807) is 6.20 Å². The van der Waals surface area contributed by atoms with Crippen molar-refractivity contribution in [3.05, 3.63) is 24.2 Å². The van der Waals surface area contributed by atoms with Crippen molar-refractivity contribution in [2.45, 2.75) is 6.92 Å². The molecular formula is C7H5N2SY-. The molecule has 0 saturated heterocycles. The normalized spacial score (nSPS) is 9.55. The van der Waals surface area contributed by atoms with Crippen molar-refractivity contribution in [3.63, 3.8) is 0 Å². The van der Waals surface area contributed by atoms with Crippen molar-refractivity contribution in [1.29, 1.82) is 0 Å². The third kappa shape index (κ3) is 1.66. The maximum atomic E-state index is 4.17. The minimum absolute atomic E-state index is 0. The Morgan fingerprint density at radius 1 is 1.55 bits per heavy atom. The number of aromatic nitrogens is 2. The maximum absolute atomic E-state index is 4.17. The van der Waals surface area contributed by atoms with E-state index < -0.39 is 0 Å². The zero-order valence-electron chi connectivity index (χ0n) is 6.03. The minimum Gasteiger partial charge on any atom is -0.303 e. The number of aryl methyl sites for hydroxylation is 1. The van der Waals surface area contributed by atoms with Crippen LogP contribution in [-0.2, 0) is 32.7 Å². The topological polar surface area (TPSA) is 25.8 Å². The molecule has 0 saturated carbocycles. The molecule has 0 N–H and O–H groups in total. The van der Waals surface area contributed by atoms with Crippen molar-refractivity contribution in [2.75, 3.05) is 0 Å². The van der Waals surface area contributed by atoms with Gasteiger partial charge in [0.05, 0.1) is 0 Å². The molecule has 0 bridgehead atoms. The fraction of sp³-hybridized carbons (Fsp3) is 0.143. The van der Waals surface area contributed by atoms with Gasteiger partial charge in [0.1, 0.15) is 0 Å². The van der Waals surface area contributed by atoms with Crippen LogP contribution in [0, 0.1) is 13.0 Å². The zero-order chi connectivity index (χ0) is 6.97. The van der Waals surface area contributed by atoms with Gasteiger partial charge >= 0.3 is 0 Å². The number of nitrogens with zero attached hydrogens (tertiary/aromatic N) is 2. The second kappa shape index (κ2) is 3.70. The van der Waals surface area contributed by atoms with Crippen LogP contribution in [0.15, 0.2) is 12.4 Å². The van der Waals surface area contributed by atoms with E-state index in [9.17, 15) is 0 Å². The van der Waals surface area contributed by atoms with E-state index in [0.717, 1.165) is 15.8 Å². The van der Waals surface area contributed by atoms with E-state index in [1.807, 2.05) is 13.1 Å². The summed E-state index contributed by atoms with van der Waals surface area (Å²) in [6.07, 6.45) is 3.49. The molecule has 0 spiro atoms. The Balaban J connectivity index is 0.000000605. The average Bonchev–Trinajstić information content (AvgIpc) is 2.34. The van der Waals surface area contributed by atoms with Gasteiger partial charge in [-0.2, -0.15) is 0 Å². The van der Waals surface area contributed by atoms with Gasteiger partial charge in [0.2, 0.25) is 0 Å². The third-order valence-electron chi connectivity index (χ3n) is 1.38. The molecular weight excluding hydrogens is 233 g/mol. The molecule has 0 aliphatic carbocycles. The van der Waals surface area contributed by atoms with E-state index in [-0.39, 0.29) is 32.7 Å². The Labute approximate surface area is 94.1 Å². The van der Waals surface area contributed by atoms with Crippen molar-refractivity contribution in [2.24, 2.45) is 0 Å². The molecule has 0 aromatic carbocycles. The molecule has 53 valence electrons. The summed E-state index contributed by atoms with van der Waals surface area (Å²) in [5.74, 6) is 0. The molecule has 4 heteroatoms. The number of fused-ring (bicyclic) bond motifs is 1. The van der Waals surface area contributed by atoms with Gasteiger partial charge in [0.25, 0.3) is 0 Å². The minimum atomic E-state index is 0. The fourth-order valence-corrected chi connectivity index (χ4v) is 1.57. The Bertz CT molecular complexity index is 358. The SMILES string of the molecule is Cc1nsc2[c-]cncc12.[Y]. The molecule has 1 radical (unpaired) electrons. The first-order valence-corrected chi connectivity index (χ1v) is 3.73. The van der Waals surface area contributed by atoms with E-state index in [2.05, 4.69) is 15.4 Å². The van der Waals surface area contributed by atoms with Crippen LogP contribution >= 0.6 is 11.5 Å². The van der Waals surface area contributed by atoms with Crippen LogP contribution in [0.5, 0.6) is 0 Å². The first-order chi connectivity index (χ1) is 4.88. The molecule has 0 atom stereocenters. The Morgan fingerprint density at radius 2 is 2.36 bits per heavy atom. The fourth-order valence-electron chi connectivity index (χ4n) is 0.841. The predicted octanol–water partition coefficient (Wildman–Crippen LogP) is 1.80. The Hall–Kier alpha value is 0.144. The predicted molar refractivity (Wildman–Crippen MR) is 41.0 cm³/mol. The molecule has 2 aromatic heterocycles. The van der Waals surface area contributed by atoms with Gasteiger partial charge in [-0.25, -0.2) is 10.4 Å². The van der Waals surface area contributed by atoms with Crippen molar-refractivity contribution in [3.8, 4) is 0 Å². The summed E-state index contributed by atoms with van der Waals surface area (Å²) in [5, 5.41) is 1.12. The van der Waals surface area contributed by atoms with Gasteiger partial charge in [-0.15, -0.1) is 10.1 Å². The first kappa shape index (κ1) is 9.23. The molecule has 2 nitrogen and oxygen atoms in total. The number of pyridine rings is 1. The summed E-state index contributed by atoms with van der Waals surface area (Å²) in [6.45, 7) is 1.98. The summed E-state index contributed by atoms with van der Waals surface area (Å²) in [7, 11) is 0. The second-order valence-electron chi connectivity index (χ2n) is 2.06. The Kier molecular flexibility index (Phi) is 3.10. The number of hydrogen-bond acceptors (Lipinski definition) is 3. The van der Waals surface area contributed by atoms with Gasteiger partial charge < -0.3 is 4.98 Å². The smallest absolute Gasteiger partial charge is 0 e. The molecule has 11 heavy (non-hydrogen) atoms. The van der Waals surface area contributed by atoms with Gasteiger partial charge in [-0.05, 0) is 18.8 Å². The second-order valence-corrected chi connectivity index (χ2v) is 2.84. The standard InChI is InChI=1S/C7H5N2S.Y/c1-5-6-4-8-3-2-7(6)10-9-5;/h3-4H,1H3;/q-1;. The average molecular weight is 238 g/mol. The van der Waals surface area contributed by atoms with Crippen LogP contribution in [0.2, 0.25) is 0 Å². The molecule has 0 amide bonds. The van der Waals surface area contributed by atoms with Crippen molar-refractivity contribution >= 4 is 21.6 Å². The van der Waals surface area contributed by atoms with E-state index >= 15 is 0 Å². The van der Waals surface area contributed by atoms with Gasteiger partial charge in [0, 0.05) is 32.7 Å². The summed E-state index contributed by atoms with van der Waals surface area (Å²) in [6, 6.07) is 3.02. The molecule has 0 aliphatic rings. The van der Waals surface area contributed by atoms with Gasteiger partial charge in [-0.1, -0.05) is 17.7 Å². The van der Waals surface area contributed by atoms with Crippen LogP contribution in [-0.4, -0.2) is 9.36 Å². The first-order valence-electron chi connectivity index (χ1n) is 2.95. The summed E-state index contributed by atoms with van der Waals surface area (Å²) in [5.41, 5.74) is 1.05. The van der Waals surface area contributed by atoms with Crippen LogP contribution < -0.4 is 0 Å². The molecule has 2 heterocycles. The molecule has 0 aliphatic heterocycles.